The van der Waals surface area contributed by atoms with Crippen molar-refractivity contribution in [1.29, 1.82) is 0 Å². The van der Waals surface area contributed by atoms with Crippen molar-refractivity contribution in [2.24, 2.45) is 0 Å². The second-order valence-corrected chi connectivity index (χ2v) is 4.36. The lowest BCUT2D eigenvalue weighted by Gasteiger charge is -2.02. The van der Waals surface area contributed by atoms with Gasteiger partial charge in [-0.1, -0.05) is 11.6 Å². The fraction of sp³-hybridized carbons (Fsp3) is 0.300. The Kier molecular flexibility index (Phi) is 3.19. The fourth-order valence-electron chi connectivity index (χ4n) is 1.29. The molecular formula is C10H12BrN5. The van der Waals surface area contributed by atoms with Crippen LogP contribution in [0.5, 0.6) is 0 Å². The molecule has 0 unspecified atom stereocenters. The number of halogens is 1. The molecule has 0 saturated carbocycles. The lowest BCUT2D eigenvalue weighted by molar-refractivity contribution is 1.16. The monoisotopic (exact) mass is 281 g/mol. The van der Waals surface area contributed by atoms with Gasteiger partial charge < -0.3 is 10.3 Å². The van der Waals surface area contributed by atoms with Gasteiger partial charge in [-0.05, 0) is 29.8 Å². The Morgan fingerprint density at radius 3 is 3.06 bits per heavy atom. The molecule has 16 heavy (non-hydrogen) atoms. The van der Waals surface area contributed by atoms with Crippen molar-refractivity contribution in [3.8, 4) is 0 Å². The largest absolute Gasteiger partial charge is 0.365 e. The maximum absolute atomic E-state index is 4.17. The zero-order valence-electron chi connectivity index (χ0n) is 9.08. The van der Waals surface area contributed by atoms with Crippen LogP contribution in [-0.2, 0) is 0 Å². The van der Waals surface area contributed by atoms with Crippen molar-refractivity contribution in [2.45, 2.75) is 13.8 Å². The Balaban J connectivity index is 2.26. The molecule has 2 aromatic rings. The van der Waals surface area contributed by atoms with E-state index in [2.05, 4.69) is 61.1 Å². The smallest absolute Gasteiger partial charge is 0.183 e. The minimum Gasteiger partial charge on any atom is -0.365 e. The molecule has 5 nitrogen and oxygen atoms in total. The number of fused-ring (bicyclic) bond motifs is 1. The van der Waals surface area contributed by atoms with E-state index in [1.165, 1.54) is 11.9 Å². The first-order valence-corrected chi connectivity index (χ1v) is 5.69. The van der Waals surface area contributed by atoms with Crippen LogP contribution in [0.4, 0.5) is 5.82 Å². The average Bonchev–Trinajstić information content (AvgIpc) is 2.58. The van der Waals surface area contributed by atoms with Gasteiger partial charge in [-0.3, -0.25) is 0 Å². The highest BCUT2D eigenvalue weighted by Crippen LogP contribution is 2.18. The minimum atomic E-state index is 0.654. The summed E-state index contributed by atoms with van der Waals surface area (Å²) in [4.78, 5) is 15.5. The molecule has 0 aliphatic rings. The van der Waals surface area contributed by atoms with E-state index in [1.54, 1.807) is 0 Å². The summed E-state index contributed by atoms with van der Waals surface area (Å²) in [6, 6.07) is 0. The van der Waals surface area contributed by atoms with E-state index in [-0.39, 0.29) is 0 Å². The first-order valence-electron chi connectivity index (χ1n) is 4.90. The maximum Gasteiger partial charge on any atom is 0.183 e. The lowest BCUT2D eigenvalue weighted by atomic mass is 10.3. The van der Waals surface area contributed by atoms with Gasteiger partial charge in [0, 0.05) is 6.54 Å². The van der Waals surface area contributed by atoms with Crippen LogP contribution < -0.4 is 5.32 Å². The predicted molar refractivity (Wildman–Crippen MR) is 67.3 cm³/mol. The van der Waals surface area contributed by atoms with Crippen molar-refractivity contribution in [3.05, 3.63) is 22.7 Å². The molecule has 6 heteroatoms. The maximum atomic E-state index is 4.17. The van der Waals surface area contributed by atoms with E-state index in [0.29, 0.717) is 10.4 Å². The van der Waals surface area contributed by atoms with Crippen LogP contribution in [0.25, 0.3) is 11.2 Å². The Labute approximate surface area is 102 Å². The molecule has 0 spiro atoms. The van der Waals surface area contributed by atoms with E-state index >= 15 is 0 Å². The van der Waals surface area contributed by atoms with Gasteiger partial charge in [-0.25, -0.2) is 15.0 Å². The molecule has 2 N–H and O–H groups in total. The fourth-order valence-corrected chi connectivity index (χ4v) is 1.65. The number of H-pyrrole nitrogens is 1. The van der Waals surface area contributed by atoms with Gasteiger partial charge >= 0.3 is 0 Å². The number of anilines is 1. The zero-order chi connectivity index (χ0) is 11.5. The normalized spacial score (nSPS) is 10.4. The van der Waals surface area contributed by atoms with Gasteiger partial charge in [0.15, 0.2) is 16.2 Å². The van der Waals surface area contributed by atoms with Crippen LogP contribution in [-0.4, -0.2) is 26.5 Å². The van der Waals surface area contributed by atoms with E-state index in [9.17, 15) is 0 Å². The third-order valence-electron chi connectivity index (χ3n) is 2.04. The summed E-state index contributed by atoms with van der Waals surface area (Å²) in [5, 5.41) is 3.21. The van der Waals surface area contributed by atoms with Gasteiger partial charge in [0.05, 0.1) is 0 Å². The van der Waals surface area contributed by atoms with Gasteiger partial charge in [0.25, 0.3) is 0 Å². The average molecular weight is 282 g/mol. The molecule has 0 atom stereocenters. The second kappa shape index (κ2) is 4.61. The van der Waals surface area contributed by atoms with Crippen LogP contribution in [0.15, 0.2) is 22.7 Å². The number of imidazole rings is 1. The van der Waals surface area contributed by atoms with Crippen LogP contribution in [0.2, 0.25) is 0 Å². The Bertz CT molecular complexity index is 527. The molecule has 0 amide bonds. The molecule has 2 aromatic heterocycles. The van der Waals surface area contributed by atoms with Crippen LogP contribution in [0.3, 0.4) is 0 Å². The molecular weight excluding hydrogens is 270 g/mol. The van der Waals surface area contributed by atoms with Gasteiger partial charge in [-0.15, -0.1) is 0 Å². The molecule has 0 aromatic carbocycles. The van der Waals surface area contributed by atoms with E-state index < -0.39 is 0 Å². The van der Waals surface area contributed by atoms with Crippen molar-refractivity contribution in [1.82, 2.24) is 19.9 Å². The lowest BCUT2D eigenvalue weighted by Crippen LogP contribution is -2.02. The number of aromatic amines is 1. The molecule has 84 valence electrons. The third kappa shape index (κ3) is 2.38. The Morgan fingerprint density at radius 2 is 2.31 bits per heavy atom. The highest BCUT2D eigenvalue weighted by molar-refractivity contribution is 9.10. The van der Waals surface area contributed by atoms with Crippen molar-refractivity contribution in [2.75, 3.05) is 11.9 Å². The number of aromatic nitrogens is 4. The third-order valence-corrected chi connectivity index (χ3v) is 2.41. The van der Waals surface area contributed by atoms with Crippen molar-refractivity contribution < 1.29 is 0 Å². The summed E-state index contributed by atoms with van der Waals surface area (Å²) in [7, 11) is 0. The molecule has 0 aliphatic carbocycles. The minimum absolute atomic E-state index is 0.654. The van der Waals surface area contributed by atoms with Crippen molar-refractivity contribution >= 4 is 32.9 Å². The second-order valence-electron chi connectivity index (χ2n) is 3.61. The quantitative estimate of drug-likeness (QED) is 0.670. The highest BCUT2D eigenvalue weighted by Gasteiger charge is 2.06. The van der Waals surface area contributed by atoms with Crippen LogP contribution in [0, 0.1) is 0 Å². The summed E-state index contributed by atoms with van der Waals surface area (Å²) >= 11 is 3.28. The number of allylic oxidation sites excluding steroid dienone is 1. The number of hydrogen-bond acceptors (Lipinski definition) is 4. The standard InChI is InChI=1S/C10H12BrN5/c1-6(2)3-4-12-8-7-9(14-5-13-8)16-10(11)15-7/h3,5H,4H2,1-2H3,(H2,12,13,14,15,16). The molecule has 0 bridgehead atoms. The Morgan fingerprint density at radius 1 is 1.50 bits per heavy atom. The summed E-state index contributed by atoms with van der Waals surface area (Å²) < 4.78 is 0.660. The Hall–Kier alpha value is -1.43. The molecule has 0 saturated heterocycles. The van der Waals surface area contributed by atoms with Gasteiger partial charge in [-0.2, -0.15) is 0 Å². The number of nitrogens with zero attached hydrogens (tertiary/aromatic N) is 3. The van der Waals surface area contributed by atoms with Crippen molar-refractivity contribution in [3.63, 3.8) is 0 Å². The summed E-state index contributed by atoms with van der Waals surface area (Å²) in [6.45, 7) is 4.86. The molecule has 2 rings (SSSR count). The molecule has 0 radical (unpaired) electrons. The first kappa shape index (κ1) is 11.1. The van der Waals surface area contributed by atoms with Gasteiger partial charge in [0.1, 0.15) is 11.8 Å². The van der Waals surface area contributed by atoms with E-state index in [0.717, 1.165) is 17.9 Å². The summed E-state index contributed by atoms with van der Waals surface area (Å²) in [5.74, 6) is 0.765. The number of rotatable bonds is 3. The highest BCUT2D eigenvalue weighted by atomic mass is 79.9. The van der Waals surface area contributed by atoms with Crippen LogP contribution >= 0.6 is 15.9 Å². The van der Waals surface area contributed by atoms with Gasteiger partial charge in [0.2, 0.25) is 0 Å². The number of nitrogens with one attached hydrogen (secondary N) is 2. The zero-order valence-corrected chi connectivity index (χ0v) is 10.7. The number of hydrogen-bond donors (Lipinski definition) is 2. The SMILES string of the molecule is CC(C)=CCNc1ncnc2nc(Br)[nH]c12. The topological polar surface area (TPSA) is 66.5 Å². The molecule has 2 heterocycles. The predicted octanol–water partition coefficient (Wildman–Crippen LogP) is 2.49. The molecule has 0 aliphatic heterocycles. The van der Waals surface area contributed by atoms with E-state index in [1.807, 2.05) is 0 Å². The first-order chi connectivity index (χ1) is 7.66. The van der Waals surface area contributed by atoms with Crippen LogP contribution in [0.1, 0.15) is 13.8 Å². The molecule has 0 fully saturated rings. The van der Waals surface area contributed by atoms with E-state index in [4.69, 9.17) is 0 Å². The summed E-state index contributed by atoms with van der Waals surface area (Å²) in [6.07, 6.45) is 3.60. The summed E-state index contributed by atoms with van der Waals surface area (Å²) in [5.41, 5.74) is 2.74.